The molecule has 0 radical (unpaired) electrons. The van der Waals surface area contributed by atoms with Crippen LogP contribution in [0.15, 0.2) is 24.3 Å². The second-order valence-corrected chi connectivity index (χ2v) is 4.99. The first-order valence-corrected chi connectivity index (χ1v) is 6.51. The molecule has 0 aromatic heterocycles. The molecule has 1 saturated heterocycles. The Labute approximate surface area is 114 Å². The van der Waals surface area contributed by atoms with Crippen LogP contribution in [0.4, 0.5) is 13.2 Å². The molecule has 1 unspecified atom stereocenters. The van der Waals surface area contributed by atoms with E-state index >= 15 is 0 Å². The highest BCUT2D eigenvalue weighted by atomic mass is 19.4. The Morgan fingerprint density at radius 1 is 1.25 bits per heavy atom. The first kappa shape index (κ1) is 14.8. The Hall–Kier alpha value is -1.56. The van der Waals surface area contributed by atoms with Gasteiger partial charge in [0, 0.05) is 0 Å². The van der Waals surface area contributed by atoms with E-state index in [-0.39, 0.29) is 11.5 Å². The van der Waals surface area contributed by atoms with Crippen LogP contribution in [0.5, 0.6) is 0 Å². The van der Waals surface area contributed by atoms with Gasteiger partial charge in [-0.2, -0.15) is 13.2 Å². The van der Waals surface area contributed by atoms with Crippen LogP contribution in [0.3, 0.4) is 0 Å². The summed E-state index contributed by atoms with van der Waals surface area (Å²) >= 11 is 0. The van der Waals surface area contributed by atoms with E-state index in [1.807, 2.05) is 0 Å². The monoisotopic (exact) mass is 287 g/mol. The van der Waals surface area contributed by atoms with Gasteiger partial charge in [0.25, 0.3) is 0 Å². The third-order valence-electron chi connectivity index (χ3n) is 3.72. The zero-order valence-electron chi connectivity index (χ0n) is 10.8. The lowest BCUT2D eigenvalue weighted by Gasteiger charge is -2.29. The zero-order valence-corrected chi connectivity index (χ0v) is 10.8. The van der Waals surface area contributed by atoms with E-state index in [2.05, 4.69) is 5.32 Å². The van der Waals surface area contributed by atoms with E-state index in [1.165, 1.54) is 18.2 Å². The van der Waals surface area contributed by atoms with Gasteiger partial charge >= 0.3 is 12.1 Å². The fourth-order valence-electron chi connectivity index (χ4n) is 2.79. The minimum Gasteiger partial charge on any atom is -0.481 e. The molecule has 6 heteroatoms. The maximum Gasteiger partial charge on any atom is 0.416 e. The van der Waals surface area contributed by atoms with Gasteiger partial charge in [-0.05, 0) is 43.5 Å². The van der Waals surface area contributed by atoms with Crippen LogP contribution in [0.25, 0.3) is 0 Å². The quantitative estimate of drug-likeness (QED) is 0.898. The van der Waals surface area contributed by atoms with Gasteiger partial charge in [-0.15, -0.1) is 0 Å². The number of carbonyl (C=O) groups is 1. The second kappa shape index (κ2) is 5.83. The largest absolute Gasteiger partial charge is 0.481 e. The molecule has 0 spiro atoms. The molecule has 1 heterocycles. The first-order chi connectivity index (χ1) is 9.41. The van der Waals surface area contributed by atoms with E-state index in [4.69, 9.17) is 0 Å². The van der Waals surface area contributed by atoms with Crippen molar-refractivity contribution >= 4 is 5.97 Å². The molecule has 2 N–H and O–H groups in total. The third kappa shape index (κ3) is 3.12. The molecule has 20 heavy (non-hydrogen) atoms. The number of carboxylic acids is 1. The van der Waals surface area contributed by atoms with Gasteiger partial charge in [0.1, 0.15) is 0 Å². The summed E-state index contributed by atoms with van der Waals surface area (Å²) in [4.78, 5) is 11.5. The number of benzene rings is 1. The average molecular weight is 287 g/mol. The molecule has 110 valence electrons. The van der Waals surface area contributed by atoms with Crippen molar-refractivity contribution in [2.75, 3.05) is 13.1 Å². The van der Waals surface area contributed by atoms with Crippen LogP contribution in [-0.2, 0) is 11.0 Å². The molecule has 1 atom stereocenters. The maximum absolute atomic E-state index is 13.0. The van der Waals surface area contributed by atoms with Gasteiger partial charge in [-0.3, -0.25) is 4.79 Å². The van der Waals surface area contributed by atoms with Crippen LogP contribution in [-0.4, -0.2) is 24.2 Å². The van der Waals surface area contributed by atoms with Crippen molar-refractivity contribution in [1.82, 2.24) is 5.32 Å². The normalized spacial score (nSPS) is 18.8. The summed E-state index contributed by atoms with van der Waals surface area (Å²) in [6.45, 7) is 1.28. The average Bonchev–Trinajstić information content (AvgIpc) is 2.39. The van der Waals surface area contributed by atoms with E-state index in [0.29, 0.717) is 25.9 Å². The topological polar surface area (TPSA) is 49.3 Å². The molecule has 0 aliphatic carbocycles. The van der Waals surface area contributed by atoms with Gasteiger partial charge in [-0.25, -0.2) is 0 Å². The second-order valence-electron chi connectivity index (χ2n) is 4.99. The van der Waals surface area contributed by atoms with Crippen LogP contribution in [0, 0.1) is 5.92 Å². The molecule has 0 amide bonds. The summed E-state index contributed by atoms with van der Waals surface area (Å²) in [5.74, 6) is -2.55. The predicted octanol–water partition coefficient (Wildman–Crippen LogP) is 2.87. The van der Waals surface area contributed by atoms with Crippen LogP contribution in [0.2, 0.25) is 0 Å². The van der Waals surface area contributed by atoms with Crippen molar-refractivity contribution < 1.29 is 23.1 Å². The summed E-state index contributed by atoms with van der Waals surface area (Å²) in [5.41, 5.74) is -0.967. The Morgan fingerprint density at radius 2 is 1.85 bits per heavy atom. The lowest BCUT2D eigenvalue weighted by atomic mass is 9.79. The highest BCUT2D eigenvalue weighted by Gasteiger charge is 2.39. The smallest absolute Gasteiger partial charge is 0.416 e. The van der Waals surface area contributed by atoms with Crippen molar-refractivity contribution in [3.05, 3.63) is 35.4 Å². The van der Waals surface area contributed by atoms with Gasteiger partial charge in [0.05, 0.1) is 11.5 Å². The molecule has 1 aromatic rings. The molecule has 2 rings (SSSR count). The van der Waals surface area contributed by atoms with Gasteiger partial charge < -0.3 is 10.4 Å². The summed E-state index contributed by atoms with van der Waals surface area (Å²) in [5, 5.41) is 12.5. The van der Waals surface area contributed by atoms with E-state index in [9.17, 15) is 23.1 Å². The maximum atomic E-state index is 13.0. The van der Waals surface area contributed by atoms with Crippen LogP contribution < -0.4 is 5.32 Å². The highest BCUT2D eigenvalue weighted by molar-refractivity contribution is 5.77. The number of alkyl halides is 3. The van der Waals surface area contributed by atoms with Gasteiger partial charge in [-0.1, -0.05) is 18.2 Å². The molecule has 0 bridgehead atoms. The number of halogens is 3. The number of rotatable bonds is 3. The molecular weight excluding hydrogens is 271 g/mol. The number of hydrogen-bond donors (Lipinski definition) is 2. The molecule has 1 aliphatic rings. The van der Waals surface area contributed by atoms with Crippen molar-refractivity contribution in [1.29, 1.82) is 0 Å². The number of hydrogen-bond acceptors (Lipinski definition) is 2. The standard InChI is InChI=1S/C14H16F3NO2/c15-14(16,17)11-4-2-1-3-10(11)12(13(19)20)9-5-7-18-8-6-9/h1-4,9,12,18H,5-8H2,(H,19,20). The predicted molar refractivity (Wildman–Crippen MR) is 67.4 cm³/mol. The fraction of sp³-hybridized carbons (Fsp3) is 0.500. The van der Waals surface area contributed by atoms with E-state index in [0.717, 1.165) is 6.07 Å². The molecular formula is C14H16F3NO2. The molecule has 1 fully saturated rings. The van der Waals surface area contributed by atoms with E-state index < -0.39 is 23.6 Å². The van der Waals surface area contributed by atoms with Gasteiger partial charge in [0.2, 0.25) is 0 Å². The Balaban J connectivity index is 2.42. The van der Waals surface area contributed by atoms with Crippen molar-refractivity contribution in [2.24, 2.45) is 5.92 Å². The van der Waals surface area contributed by atoms with Crippen LogP contribution in [0.1, 0.15) is 29.9 Å². The number of carboxylic acid groups (broad SMARTS) is 1. The lowest BCUT2D eigenvalue weighted by molar-refractivity contribution is -0.143. The number of piperidine rings is 1. The van der Waals surface area contributed by atoms with Crippen molar-refractivity contribution in [2.45, 2.75) is 24.9 Å². The fourth-order valence-corrected chi connectivity index (χ4v) is 2.79. The summed E-state index contributed by atoms with van der Waals surface area (Å²) < 4.78 is 39.1. The van der Waals surface area contributed by atoms with Gasteiger partial charge in [0.15, 0.2) is 0 Å². The zero-order chi connectivity index (χ0) is 14.8. The summed E-state index contributed by atoms with van der Waals surface area (Å²) in [7, 11) is 0. The van der Waals surface area contributed by atoms with E-state index in [1.54, 1.807) is 0 Å². The Morgan fingerprint density at radius 3 is 2.40 bits per heavy atom. The molecule has 3 nitrogen and oxygen atoms in total. The third-order valence-corrected chi connectivity index (χ3v) is 3.72. The number of aliphatic carboxylic acids is 1. The van der Waals surface area contributed by atoms with Crippen molar-refractivity contribution in [3.8, 4) is 0 Å². The lowest BCUT2D eigenvalue weighted by Crippen LogP contribution is -2.34. The Bertz CT molecular complexity index is 482. The van der Waals surface area contributed by atoms with Crippen molar-refractivity contribution in [3.63, 3.8) is 0 Å². The molecule has 0 saturated carbocycles. The summed E-state index contributed by atoms with van der Waals surface area (Å²) in [6, 6.07) is 4.98. The SMILES string of the molecule is O=C(O)C(c1ccccc1C(F)(F)F)C1CCNCC1. The highest BCUT2D eigenvalue weighted by Crippen LogP contribution is 2.39. The molecule has 1 aliphatic heterocycles. The number of nitrogens with one attached hydrogen (secondary N) is 1. The minimum absolute atomic E-state index is 0.126. The first-order valence-electron chi connectivity index (χ1n) is 6.51. The molecule has 1 aromatic carbocycles. The Kier molecular flexibility index (Phi) is 4.32. The summed E-state index contributed by atoms with van der Waals surface area (Å²) in [6.07, 6.45) is -3.39. The van der Waals surface area contributed by atoms with Crippen LogP contribution >= 0.6 is 0 Å². The minimum atomic E-state index is -4.53.